The average Bonchev–Trinajstić information content (AvgIpc) is 2.72. The molecule has 1 aromatic heterocycles. The zero-order valence-electron chi connectivity index (χ0n) is 9.63. The Balaban J connectivity index is 2.20. The molecule has 0 radical (unpaired) electrons. The van der Waals surface area contributed by atoms with E-state index in [1.165, 1.54) is 18.2 Å². The third-order valence-electron chi connectivity index (χ3n) is 2.54. The standard InChI is InChI=1S/C11H11ClN4O2/c1-15-9(4-5-14-15)7-13-10-6-8(12)2-3-11(10)16(17)18/h2-6,13H,7H2,1H3. The van der Waals surface area contributed by atoms with Crippen LogP contribution in [0.1, 0.15) is 5.69 Å². The van der Waals surface area contributed by atoms with Crippen molar-refractivity contribution in [1.29, 1.82) is 0 Å². The fourth-order valence-electron chi connectivity index (χ4n) is 1.57. The molecule has 6 nitrogen and oxygen atoms in total. The van der Waals surface area contributed by atoms with Gasteiger partial charge in [0, 0.05) is 24.3 Å². The second kappa shape index (κ2) is 5.05. The molecule has 0 unspecified atom stereocenters. The number of aryl methyl sites for hydroxylation is 1. The zero-order chi connectivity index (χ0) is 13.1. The van der Waals surface area contributed by atoms with E-state index in [4.69, 9.17) is 11.6 Å². The van der Waals surface area contributed by atoms with Crippen LogP contribution in [0.4, 0.5) is 11.4 Å². The zero-order valence-corrected chi connectivity index (χ0v) is 10.4. The Kier molecular flexibility index (Phi) is 3.47. The Labute approximate surface area is 108 Å². The summed E-state index contributed by atoms with van der Waals surface area (Å²) in [6.07, 6.45) is 1.67. The first-order valence-electron chi connectivity index (χ1n) is 5.22. The van der Waals surface area contributed by atoms with Crippen LogP contribution in [0.15, 0.2) is 30.5 Å². The van der Waals surface area contributed by atoms with Gasteiger partial charge in [-0.25, -0.2) is 0 Å². The van der Waals surface area contributed by atoms with E-state index in [2.05, 4.69) is 10.4 Å². The molecule has 0 saturated carbocycles. The Bertz CT molecular complexity index is 582. The van der Waals surface area contributed by atoms with Gasteiger partial charge in [-0.15, -0.1) is 0 Å². The second-order valence-electron chi connectivity index (χ2n) is 3.72. The van der Waals surface area contributed by atoms with Crippen LogP contribution in [0.5, 0.6) is 0 Å². The van der Waals surface area contributed by atoms with Gasteiger partial charge in [-0.05, 0) is 18.2 Å². The maximum Gasteiger partial charge on any atom is 0.292 e. The van der Waals surface area contributed by atoms with Gasteiger partial charge >= 0.3 is 0 Å². The molecule has 1 aromatic carbocycles. The molecule has 0 amide bonds. The number of rotatable bonds is 4. The summed E-state index contributed by atoms with van der Waals surface area (Å²) in [5.74, 6) is 0. The third-order valence-corrected chi connectivity index (χ3v) is 2.77. The van der Waals surface area contributed by atoms with E-state index in [1.807, 2.05) is 13.1 Å². The highest BCUT2D eigenvalue weighted by molar-refractivity contribution is 6.31. The number of hydrogen-bond acceptors (Lipinski definition) is 4. The number of halogens is 1. The number of hydrogen-bond donors (Lipinski definition) is 1. The van der Waals surface area contributed by atoms with Gasteiger partial charge in [-0.3, -0.25) is 14.8 Å². The van der Waals surface area contributed by atoms with E-state index in [9.17, 15) is 10.1 Å². The molecule has 2 rings (SSSR count). The Morgan fingerprint density at radius 3 is 2.89 bits per heavy atom. The first-order chi connectivity index (χ1) is 8.58. The Morgan fingerprint density at radius 2 is 2.28 bits per heavy atom. The number of aromatic nitrogens is 2. The fourth-order valence-corrected chi connectivity index (χ4v) is 1.74. The molecule has 0 fully saturated rings. The van der Waals surface area contributed by atoms with Crippen molar-refractivity contribution in [3.63, 3.8) is 0 Å². The summed E-state index contributed by atoms with van der Waals surface area (Å²) in [6.45, 7) is 0.442. The molecule has 0 spiro atoms. The lowest BCUT2D eigenvalue weighted by molar-refractivity contribution is -0.384. The van der Waals surface area contributed by atoms with Crippen LogP contribution in [0.3, 0.4) is 0 Å². The molecule has 0 aliphatic rings. The summed E-state index contributed by atoms with van der Waals surface area (Å²) in [6, 6.07) is 6.25. The largest absolute Gasteiger partial charge is 0.374 e. The van der Waals surface area contributed by atoms with Gasteiger partial charge in [0.2, 0.25) is 0 Å². The summed E-state index contributed by atoms with van der Waals surface area (Å²) < 4.78 is 1.70. The first kappa shape index (κ1) is 12.4. The summed E-state index contributed by atoms with van der Waals surface area (Å²) >= 11 is 5.83. The molecule has 7 heteroatoms. The van der Waals surface area contributed by atoms with E-state index < -0.39 is 4.92 Å². The van der Waals surface area contributed by atoms with Gasteiger partial charge in [0.25, 0.3) is 5.69 Å². The van der Waals surface area contributed by atoms with Crippen LogP contribution in [0.25, 0.3) is 0 Å². The van der Waals surface area contributed by atoms with Gasteiger partial charge in [0.05, 0.1) is 17.2 Å². The number of nitrogens with one attached hydrogen (secondary N) is 1. The van der Waals surface area contributed by atoms with Crippen LogP contribution in [0.2, 0.25) is 5.02 Å². The second-order valence-corrected chi connectivity index (χ2v) is 4.15. The van der Waals surface area contributed by atoms with Crippen LogP contribution >= 0.6 is 11.6 Å². The van der Waals surface area contributed by atoms with Gasteiger partial charge in [0.15, 0.2) is 0 Å². The highest BCUT2D eigenvalue weighted by Crippen LogP contribution is 2.27. The molecule has 0 atom stereocenters. The summed E-state index contributed by atoms with van der Waals surface area (Å²) in [5, 5.41) is 18.3. The third kappa shape index (κ3) is 2.60. The summed E-state index contributed by atoms with van der Waals surface area (Å²) in [7, 11) is 1.81. The van der Waals surface area contributed by atoms with Crippen molar-refractivity contribution in [2.45, 2.75) is 6.54 Å². The highest BCUT2D eigenvalue weighted by Gasteiger charge is 2.13. The van der Waals surface area contributed by atoms with Crippen molar-refractivity contribution in [2.75, 3.05) is 5.32 Å². The fraction of sp³-hybridized carbons (Fsp3) is 0.182. The van der Waals surface area contributed by atoms with Crippen molar-refractivity contribution >= 4 is 23.0 Å². The van der Waals surface area contributed by atoms with E-state index in [0.29, 0.717) is 17.3 Å². The van der Waals surface area contributed by atoms with Crippen molar-refractivity contribution in [3.8, 4) is 0 Å². The molecule has 2 aromatic rings. The molecular weight excluding hydrogens is 256 g/mol. The first-order valence-corrected chi connectivity index (χ1v) is 5.60. The summed E-state index contributed by atoms with van der Waals surface area (Å²) in [5.41, 5.74) is 1.32. The van der Waals surface area contributed by atoms with Crippen molar-refractivity contribution in [1.82, 2.24) is 9.78 Å². The van der Waals surface area contributed by atoms with E-state index >= 15 is 0 Å². The molecule has 0 aliphatic carbocycles. The minimum atomic E-state index is -0.443. The van der Waals surface area contributed by atoms with Gasteiger partial charge in [-0.1, -0.05) is 11.6 Å². The molecular formula is C11H11ClN4O2. The Hall–Kier alpha value is -2.08. The normalized spacial score (nSPS) is 10.3. The lowest BCUT2D eigenvalue weighted by Crippen LogP contribution is -2.06. The number of nitro groups is 1. The molecule has 18 heavy (non-hydrogen) atoms. The minimum absolute atomic E-state index is 0.00145. The number of benzene rings is 1. The molecule has 1 heterocycles. The van der Waals surface area contributed by atoms with E-state index in [0.717, 1.165) is 5.69 Å². The minimum Gasteiger partial charge on any atom is -0.374 e. The van der Waals surface area contributed by atoms with Crippen molar-refractivity contribution in [3.05, 3.63) is 51.3 Å². The molecule has 0 bridgehead atoms. The quantitative estimate of drug-likeness (QED) is 0.682. The molecule has 0 aliphatic heterocycles. The molecule has 1 N–H and O–H groups in total. The van der Waals surface area contributed by atoms with Crippen LogP contribution in [-0.2, 0) is 13.6 Å². The predicted octanol–water partition coefficient (Wildman–Crippen LogP) is 2.59. The lowest BCUT2D eigenvalue weighted by atomic mass is 10.2. The highest BCUT2D eigenvalue weighted by atomic mass is 35.5. The van der Waals surface area contributed by atoms with E-state index in [-0.39, 0.29) is 5.69 Å². The lowest BCUT2D eigenvalue weighted by Gasteiger charge is -2.07. The summed E-state index contributed by atoms with van der Waals surface area (Å²) in [4.78, 5) is 10.4. The smallest absolute Gasteiger partial charge is 0.292 e. The average molecular weight is 267 g/mol. The van der Waals surface area contributed by atoms with E-state index in [1.54, 1.807) is 10.9 Å². The van der Waals surface area contributed by atoms with Crippen LogP contribution in [0, 0.1) is 10.1 Å². The van der Waals surface area contributed by atoms with Gasteiger partial charge in [0.1, 0.15) is 5.69 Å². The SMILES string of the molecule is Cn1nccc1CNc1cc(Cl)ccc1[N+](=O)[O-]. The van der Waals surface area contributed by atoms with Crippen LogP contribution < -0.4 is 5.32 Å². The molecule has 94 valence electrons. The number of nitrogens with zero attached hydrogens (tertiary/aromatic N) is 3. The van der Waals surface area contributed by atoms with Gasteiger partial charge in [-0.2, -0.15) is 5.10 Å². The van der Waals surface area contributed by atoms with Crippen molar-refractivity contribution < 1.29 is 4.92 Å². The topological polar surface area (TPSA) is 73.0 Å². The van der Waals surface area contributed by atoms with Crippen LogP contribution in [-0.4, -0.2) is 14.7 Å². The monoisotopic (exact) mass is 266 g/mol. The number of nitro benzene ring substituents is 1. The number of anilines is 1. The molecule has 0 saturated heterocycles. The van der Waals surface area contributed by atoms with Gasteiger partial charge < -0.3 is 5.32 Å². The van der Waals surface area contributed by atoms with Crippen molar-refractivity contribution in [2.24, 2.45) is 7.05 Å². The Morgan fingerprint density at radius 1 is 1.50 bits per heavy atom. The predicted molar refractivity (Wildman–Crippen MR) is 68.6 cm³/mol. The maximum atomic E-state index is 10.9. The maximum absolute atomic E-state index is 10.9.